The number of fused-ring (bicyclic) bond motifs is 1. The van der Waals surface area contributed by atoms with Gasteiger partial charge in [-0.3, -0.25) is 4.79 Å². The van der Waals surface area contributed by atoms with Crippen molar-refractivity contribution in [2.45, 2.75) is 26.2 Å². The summed E-state index contributed by atoms with van der Waals surface area (Å²) < 4.78 is 0. The van der Waals surface area contributed by atoms with Gasteiger partial charge in [-0.05, 0) is 42.7 Å². The molecule has 0 N–H and O–H groups in total. The monoisotopic (exact) mass is 229 g/mol. The molecule has 90 valence electrons. The molecule has 1 aliphatic heterocycles. The molecule has 1 aliphatic carbocycles. The molecule has 2 heteroatoms. The molecule has 0 aromatic heterocycles. The zero-order valence-corrected chi connectivity index (χ0v) is 10.4. The number of carbonyl (C=O) groups excluding carboxylic acids is 1. The normalized spacial score (nSPS) is 25.8. The lowest BCUT2D eigenvalue weighted by atomic mass is 10.0. The van der Waals surface area contributed by atoms with E-state index < -0.39 is 0 Å². The Morgan fingerprint density at radius 2 is 2.00 bits per heavy atom. The van der Waals surface area contributed by atoms with Gasteiger partial charge >= 0.3 is 0 Å². The average Bonchev–Trinajstić information content (AvgIpc) is 2.95. The van der Waals surface area contributed by atoms with Gasteiger partial charge in [0.25, 0.3) is 0 Å². The van der Waals surface area contributed by atoms with Crippen molar-refractivity contribution in [3.8, 4) is 0 Å². The Balaban J connectivity index is 1.54. The fraction of sp³-hybridized carbons (Fsp3) is 0.533. The minimum absolute atomic E-state index is 0.348. The highest BCUT2D eigenvalue weighted by Crippen LogP contribution is 2.44. The number of aryl methyl sites for hydroxylation is 2. The Hall–Kier alpha value is -1.31. The van der Waals surface area contributed by atoms with Crippen LogP contribution in [0.3, 0.4) is 0 Å². The number of hydrogen-bond donors (Lipinski definition) is 0. The van der Waals surface area contributed by atoms with Crippen molar-refractivity contribution < 1.29 is 4.79 Å². The topological polar surface area (TPSA) is 20.3 Å². The van der Waals surface area contributed by atoms with E-state index in [9.17, 15) is 4.79 Å². The summed E-state index contributed by atoms with van der Waals surface area (Å²) in [6.45, 7) is 4.17. The first kappa shape index (κ1) is 10.8. The van der Waals surface area contributed by atoms with Crippen molar-refractivity contribution in [3.05, 3.63) is 35.4 Å². The summed E-state index contributed by atoms with van der Waals surface area (Å²) in [4.78, 5) is 14.1. The van der Waals surface area contributed by atoms with Crippen molar-refractivity contribution in [1.82, 2.24) is 4.90 Å². The van der Waals surface area contributed by atoms with Crippen LogP contribution in [0.4, 0.5) is 0 Å². The number of piperidine rings is 1. The van der Waals surface area contributed by atoms with Crippen molar-refractivity contribution in [2.75, 3.05) is 13.1 Å². The van der Waals surface area contributed by atoms with Gasteiger partial charge in [0.1, 0.15) is 0 Å². The number of carbonyl (C=O) groups is 1. The van der Waals surface area contributed by atoms with Gasteiger partial charge in [0.2, 0.25) is 5.91 Å². The number of hydrogen-bond acceptors (Lipinski definition) is 1. The van der Waals surface area contributed by atoms with Crippen LogP contribution in [-0.2, 0) is 11.2 Å². The van der Waals surface area contributed by atoms with Crippen LogP contribution in [0.25, 0.3) is 0 Å². The third kappa shape index (κ3) is 2.21. The number of likely N-dealkylation sites (tertiary alicyclic amines) is 1. The highest BCUT2D eigenvalue weighted by Gasteiger charge is 2.46. The van der Waals surface area contributed by atoms with Crippen molar-refractivity contribution in [1.29, 1.82) is 0 Å². The molecule has 1 heterocycles. The molecule has 1 saturated heterocycles. The molecule has 1 amide bonds. The van der Waals surface area contributed by atoms with Crippen LogP contribution in [-0.4, -0.2) is 23.9 Å². The fourth-order valence-electron chi connectivity index (χ4n) is 2.89. The maximum Gasteiger partial charge on any atom is 0.222 e. The van der Waals surface area contributed by atoms with Gasteiger partial charge in [-0.1, -0.05) is 24.3 Å². The van der Waals surface area contributed by atoms with E-state index in [2.05, 4.69) is 36.1 Å². The van der Waals surface area contributed by atoms with Crippen LogP contribution >= 0.6 is 0 Å². The maximum atomic E-state index is 12.0. The van der Waals surface area contributed by atoms with E-state index in [1.807, 2.05) is 0 Å². The Bertz CT molecular complexity index is 430. The molecular formula is C15H19NO. The number of benzene rings is 1. The van der Waals surface area contributed by atoms with Crippen LogP contribution < -0.4 is 0 Å². The first-order valence-corrected chi connectivity index (χ1v) is 6.56. The van der Waals surface area contributed by atoms with Gasteiger partial charge < -0.3 is 4.90 Å². The molecule has 2 atom stereocenters. The first-order valence-electron chi connectivity index (χ1n) is 6.56. The molecule has 2 nitrogen and oxygen atoms in total. The minimum Gasteiger partial charge on any atom is -0.342 e. The van der Waals surface area contributed by atoms with Crippen molar-refractivity contribution >= 4 is 5.91 Å². The number of rotatable bonds is 3. The van der Waals surface area contributed by atoms with E-state index in [0.29, 0.717) is 12.3 Å². The van der Waals surface area contributed by atoms with Gasteiger partial charge in [-0.15, -0.1) is 0 Å². The maximum absolute atomic E-state index is 12.0. The lowest BCUT2D eigenvalue weighted by Crippen LogP contribution is -2.30. The summed E-state index contributed by atoms with van der Waals surface area (Å²) in [5, 5.41) is 0. The molecule has 2 fully saturated rings. The van der Waals surface area contributed by atoms with E-state index in [1.165, 1.54) is 17.5 Å². The van der Waals surface area contributed by atoms with Gasteiger partial charge in [-0.25, -0.2) is 0 Å². The molecule has 1 aromatic carbocycles. The molecule has 0 spiro atoms. The lowest BCUT2D eigenvalue weighted by Gasteiger charge is -2.18. The van der Waals surface area contributed by atoms with Crippen molar-refractivity contribution in [3.63, 3.8) is 0 Å². The number of nitrogens with zero attached hydrogens (tertiary/aromatic N) is 1. The lowest BCUT2D eigenvalue weighted by molar-refractivity contribution is -0.130. The predicted molar refractivity (Wildman–Crippen MR) is 67.7 cm³/mol. The predicted octanol–water partition coefficient (Wildman–Crippen LogP) is 2.41. The SMILES string of the molecule is Cc1ccccc1CCC(=O)N1CC2CC2C1. The van der Waals surface area contributed by atoms with Gasteiger partial charge in [0.05, 0.1) is 0 Å². The van der Waals surface area contributed by atoms with Crippen molar-refractivity contribution in [2.24, 2.45) is 11.8 Å². The van der Waals surface area contributed by atoms with Crippen LogP contribution in [0.5, 0.6) is 0 Å². The molecular weight excluding hydrogens is 210 g/mol. The molecule has 1 saturated carbocycles. The second kappa shape index (κ2) is 4.17. The average molecular weight is 229 g/mol. The summed E-state index contributed by atoms with van der Waals surface area (Å²) >= 11 is 0. The quantitative estimate of drug-likeness (QED) is 0.779. The second-order valence-corrected chi connectivity index (χ2v) is 5.48. The molecule has 0 radical (unpaired) electrons. The molecule has 0 bridgehead atoms. The third-order valence-corrected chi connectivity index (χ3v) is 4.20. The smallest absolute Gasteiger partial charge is 0.222 e. The summed E-state index contributed by atoms with van der Waals surface area (Å²) in [6, 6.07) is 8.35. The fourth-order valence-corrected chi connectivity index (χ4v) is 2.89. The molecule has 17 heavy (non-hydrogen) atoms. The summed E-state index contributed by atoms with van der Waals surface area (Å²) in [5.41, 5.74) is 2.61. The molecule has 1 aromatic rings. The molecule has 3 rings (SSSR count). The second-order valence-electron chi connectivity index (χ2n) is 5.48. The number of amides is 1. The summed E-state index contributed by atoms with van der Waals surface area (Å²) in [6.07, 6.45) is 2.92. The van der Waals surface area contributed by atoms with Crippen LogP contribution in [0.15, 0.2) is 24.3 Å². The van der Waals surface area contributed by atoms with Gasteiger partial charge in [-0.2, -0.15) is 0 Å². The van der Waals surface area contributed by atoms with E-state index in [-0.39, 0.29) is 0 Å². The van der Waals surface area contributed by atoms with Crippen LogP contribution in [0.1, 0.15) is 24.0 Å². The van der Waals surface area contributed by atoms with Gasteiger partial charge in [0.15, 0.2) is 0 Å². The van der Waals surface area contributed by atoms with Crippen LogP contribution in [0, 0.1) is 18.8 Å². The Kier molecular flexibility index (Phi) is 2.65. The summed E-state index contributed by atoms with van der Waals surface area (Å²) in [7, 11) is 0. The molecule has 2 aliphatic rings. The largest absolute Gasteiger partial charge is 0.342 e. The third-order valence-electron chi connectivity index (χ3n) is 4.20. The van der Waals surface area contributed by atoms with E-state index in [4.69, 9.17) is 0 Å². The highest BCUT2D eigenvalue weighted by molar-refractivity contribution is 5.77. The molecule has 2 unspecified atom stereocenters. The first-order chi connectivity index (χ1) is 8.24. The standard InChI is InChI=1S/C15H19NO/c1-11-4-2-3-5-12(11)6-7-15(17)16-9-13-8-14(13)10-16/h2-5,13-14H,6-10H2,1H3. The van der Waals surface area contributed by atoms with E-state index in [0.717, 1.165) is 31.3 Å². The Morgan fingerprint density at radius 3 is 2.71 bits per heavy atom. The highest BCUT2D eigenvalue weighted by atomic mass is 16.2. The van der Waals surface area contributed by atoms with Gasteiger partial charge in [0, 0.05) is 19.5 Å². The van der Waals surface area contributed by atoms with E-state index in [1.54, 1.807) is 0 Å². The minimum atomic E-state index is 0.348. The van der Waals surface area contributed by atoms with E-state index >= 15 is 0 Å². The summed E-state index contributed by atoms with van der Waals surface area (Å²) in [5.74, 6) is 2.04. The van der Waals surface area contributed by atoms with Crippen LogP contribution in [0.2, 0.25) is 0 Å². The Labute approximate surface area is 103 Å². The zero-order chi connectivity index (χ0) is 11.8. The Morgan fingerprint density at radius 1 is 1.29 bits per heavy atom. The zero-order valence-electron chi connectivity index (χ0n) is 10.4.